The molecule has 0 unspecified atom stereocenters. The standard InChI is InChI=1S/C13H6BrF3O3/c14-7-1-2-8(9(15)5-7)6-3-10(16)12(11(17)4-6)20-13(18)19/h1-5H,(H,18,19). The fourth-order valence-corrected chi connectivity index (χ4v) is 1.96. The Hall–Kier alpha value is -2.02. The van der Waals surface area contributed by atoms with E-state index in [0.29, 0.717) is 4.47 Å². The summed E-state index contributed by atoms with van der Waals surface area (Å²) in [4.78, 5) is 10.3. The maximum Gasteiger partial charge on any atom is 0.511 e. The molecule has 2 aromatic rings. The summed E-state index contributed by atoms with van der Waals surface area (Å²) in [5.74, 6) is -4.18. The van der Waals surface area contributed by atoms with Gasteiger partial charge in [0.05, 0.1) is 0 Å². The highest BCUT2D eigenvalue weighted by Crippen LogP contribution is 2.31. The number of halogens is 4. The zero-order valence-corrected chi connectivity index (χ0v) is 11.2. The Balaban J connectivity index is 2.52. The molecule has 0 spiro atoms. The van der Waals surface area contributed by atoms with E-state index in [2.05, 4.69) is 20.7 Å². The SMILES string of the molecule is O=C(O)Oc1c(F)cc(-c2ccc(Br)cc2F)cc1F. The molecule has 0 atom stereocenters. The summed E-state index contributed by atoms with van der Waals surface area (Å²) in [7, 11) is 0. The van der Waals surface area contributed by atoms with Crippen LogP contribution in [0.4, 0.5) is 18.0 Å². The highest BCUT2D eigenvalue weighted by atomic mass is 79.9. The third-order valence-electron chi connectivity index (χ3n) is 2.43. The van der Waals surface area contributed by atoms with Gasteiger partial charge < -0.3 is 9.84 Å². The van der Waals surface area contributed by atoms with Gasteiger partial charge >= 0.3 is 6.16 Å². The average Bonchev–Trinajstić information content (AvgIpc) is 2.33. The topological polar surface area (TPSA) is 46.5 Å². The van der Waals surface area contributed by atoms with E-state index in [4.69, 9.17) is 5.11 Å². The molecule has 2 rings (SSSR count). The van der Waals surface area contributed by atoms with Crippen LogP contribution in [0.3, 0.4) is 0 Å². The quantitative estimate of drug-likeness (QED) is 0.639. The van der Waals surface area contributed by atoms with Gasteiger partial charge in [0.2, 0.25) is 5.75 Å². The molecule has 0 aliphatic heterocycles. The summed E-state index contributed by atoms with van der Waals surface area (Å²) in [6.45, 7) is 0. The number of carbonyl (C=O) groups is 1. The first-order chi connectivity index (χ1) is 9.38. The molecule has 7 heteroatoms. The minimum atomic E-state index is -1.84. The molecule has 0 bridgehead atoms. The third-order valence-corrected chi connectivity index (χ3v) is 2.92. The molecule has 0 aliphatic rings. The van der Waals surface area contributed by atoms with Crippen LogP contribution in [0.1, 0.15) is 0 Å². The Morgan fingerprint density at radius 2 is 1.65 bits per heavy atom. The van der Waals surface area contributed by atoms with Gasteiger partial charge in [-0.1, -0.05) is 22.0 Å². The molecule has 0 radical (unpaired) electrons. The van der Waals surface area contributed by atoms with Crippen LogP contribution in [-0.4, -0.2) is 11.3 Å². The monoisotopic (exact) mass is 346 g/mol. The van der Waals surface area contributed by atoms with Crippen LogP contribution in [0.25, 0.3) is 11.1 Å². The zero-order chi connectivity index (χ0) is 14.9. The van der Waals surface area contributed by atoms with Crippen molar-refractivity contribution in [1.29, 1.82) is 0 Å². The molecule has 104 valence electrons. The van der Waals surface area contributed by atoms with Crippen molar-refractivity contribution in [3.05, 3.63) is 52.3 Å². The van der Waals surface area contributed by atoms with Crippen molar-refractivity contribution in [2.45, 2.75) is 0 Å². The van der Waals surface area contributed by atoms with Gasteiger partial charge in [0.1, 0.15) is 5.82 Å². The molecule has 0 amide bonds. The largest absolute Gasteiger partial charge is 0.511 e. The second-order valence-electron chi connectivity index (χ2n) is 3.76. The Morgan fingerprint density at radius 3 is 2.15 bits per heavy atom. The van der Waals surface area contributed by atoms with Crippen LogP contribution >= 0.6 is 15.9 Å². The van der Waals surface area contributed by atoms with Crippen LogP contribution in [0.15, 0.2) is 34.8 Å². The van der Waals surface area contributed by atoms with Gasteiger partial charge in [-0.2, -0.15) is 0 Å². The molecule has 0 aliphatic carbocycles. The molecule has 20 heavy (non-hydrogen) atoms. The van der Waals surface area contributed by atoms with Gasteiger partial charge in [-0.15, -0.1) is 0 Å². The van der Waals surface area contributed by atoms with E-state index < -0.39 is 29.4 Å². The van der Waals surface area contributed by atoms with Crippen molar-refractivity contribution in [2.75, 3.05) is 0 Å². The van der Waals surface area contributed by atoms with Crippen LogP contribution < -0.4 is 4.74 Å². The third kappa shape index (κ3) is 2.93. The van der Waals surface area contributed by atoms with Crippen molar-refractivity contribution < 1.29 is 27.8 Å². The molecule has 2 aromatic carbocycles. The molecule has 1 N–H and O–H groups in total. The van der Waals surface area contributed by atoms with E-state index in [1.807, 2.05) is 0 Å². The number of benzene rings is 2. The van der Waals surface area contributed by atoms with Crippen LogP contribution in [0.2, 0.25) is 0 Å². The highest BCUT2D eigenvalue weighted by molar-refractivity contribution is 9.10. The first-order valence-corrected chi connectivity index (χ1v) is 6.03. The molecule has 0 aromatic heterocycles. The molecule has 3 nitrogen and oxygen atoms in total. The summed E-state index contributed by atoms with van der Waals surface area (Å²) in [5.41, 5.74) is -0.0874. The minimum absolute atomic E-state index is 0.0205. The van der Waals surface area contributed by atoms with Crippen LogP contribution in [0.5, 0.6) is 5.75 Å². The van der Waals surface area contributed by atoms with Crippen LogP contribution in [-0.2, 0) is 0 Å². The van der Waals surface area contributed by atoms with Gasteiger partial charge in [-0.05, 0) is 29.8 Å². The minimum Gasteiger partial charge on any atom is -0.449 e. The highest BCUT2D eigenvalue weighted by Gasteiger charge is 2.17. The maximum atomic E-state index is 13.7. The first-order valence-electron chi connectivity index (χ1n) is 5.23. The fourth-order valence-electron chi connectivity index (χ4n) is 1.62. The summed E-state index contributed by atoms with van der Waals surface area (Å²) >= 11 is 3.06. The van der Waals surface area contributed by atoms with E-state index >= 15 is 0 Å². The summed E-state index contributed by atoms with van der Waals surface area (Å²) in [5, 5.41) is 8.36. The van der Waals surface area contributed by atoms with Gasteiger partial charge in [-0.3, -0.25) is 0 Å². The molecule has 0 saturated heterocycles. The van der Waals surface area contributed by atoms with Crippen molar-refractivity contribution in [3.8, 4) is 16.9 Å². The lowest BCUT2D eigenvalue weighted by Gasteiger charge is -2.08. The molecular weight excluding hydrogens is 341 g/mol. The van der Waals surface area contributed by atoms with Crippen molar-refractivity contribution in [2.24, 2.45) is 0 Å². The lowest BCUT2D eigenvalue weighted by Crippen LogP contribution is -2.06. The lowest BCUT2D eigenvalue weighted by atomic mass is 10.0. The smallest absolute Gasteiger partial charge is 0.449 e. The molecular formula is C13H6BrF3O3. The second-order valence-corrected chi connectivity index (χ2v) is 4.68. The Labute approximate surface area is 119 Å². The summed E-state index contributed by atoms with van der Waals surface area (Å²) in [6, 6.07) is 5.59. The van der Waals surface area contributed by atoms with E-state index in [9.17, 15) is 18.0 Å². The lowest BCUT2D eigenvalue weighted by molar-refractivity contribution is 0.140. The molecule has 0 heterocycles. The van der Waals surface area contributed by atoms with Gasteiger partial charge in [0.15, 0.2) is 11.6 Å². The zero-order valence-electron chi connectivity index (χ0n) is 9.66. The van der Waals surface area contributed by atoms with Crippen molar-refractivity contribution in [1.82, 2.24) is 0 Å². The van der Waals surface area contributed by atoms with Gasteiger partial charge in [0.25, 0.3) is 0 Å². The normalized spacial score (nSPS) is 10.4. The second kappa shape index (κ2) is 5.54. The fraction of sp³-hybridized carbons (Fsp3) is 0. The Kier molecular flexibility index (Phi) is 3.99. The number of rotatable bonds is 2. The molecule has 0 saturated carbocycles. The van der Waals surface area contributed by atoms with Gasteiger partial charge in [0, 0.05) is 10.0 Å². The summed E-state index contributed by atoms with van der Waals surface area (Å²) in [6.07, 6.45) is -1.84. The van der Waals surface area contributed by atoms with Crippen molar-refractivity contribution >= 4 is 22.1 Å². The predicted octanol–water partition coefficient (Wildman–Crippen LogP) is 4.59. The maximum absolute atomic E-state index is 13.7. The Morgan fingerprint density at radius 1 is 1.05 bits per heavy atom. The predicted molar refractivity (Wildman–Crippen MR) is 68.1 cm³/mol. The molecule has 0 fully saturated rings. The van der Waals surface area contributed by atoms with E-state index in [1.54, 1.807) is 0 Å². The van der Waals surface area contributed by atoms with E-state index in [0.717, 1.165) is 18.2 Å². The van der Waals surface area contributed by atoms with Crippen LogP contribution in [0, 0.1) is 17.5 Å². The first kappa shape index (κ1) is 14.4. The Bertz CT molecular complexity index is 666. The number of hydrogen-bond acceptors (Lipinski definition) is 2. The number of ether oxygens (including phenoxy) is 1. The number of carboxylic acid groups (broad SMARTS) is 1. The number of hydrogen-bond donors (Lipinski definition) is 1. The average molecular weight is 347 g/mol. The van der Waals surface area contributed by atoms with Crippen molar-refractivity contribution in [3.63, 3.8) is 0 Å². The van der Waals surface area contributed by atoms with E-state index in [-0.39, 0.29) is 11.1 Å². The summed E-state index contributed by atoms with van der Waals surface area (Å²) < 4.78 is 45.4. The van der Waals surface area contributed by atoms with E-state index in [1.165, 1.54) is 12.1 Å². The van der Waals surface area contributed by atoms with Gasteiger partial charge in [-0.25, -0.2) is 18.0 Å².